The summed E-state index contributed by atoms with van der Waals surface area (Å²) in [5.74, 6) is 0.295. The highest BCUT2D eigenvalue weighted by Gasteiger charge is 2.34. The SMILES string of the molecule is CCN(CC)CC(=O)SCOCOCOP(N(C(C)C)C(C)C)N(C(C)C)C(C)C. The fourth-order valence-electron chi connectivity index (χ4n) is 3.23. The van der Waals surface area contributed by atoms with E-state index in [1.165, 1.54) is 11.8 Å². The molecule has 0 aromatic heterocycles. The number of hydrogen-bond acceptors (Lipinski definition) is 8. The highest BCUT2D eigenvalue weighted by Crippen LogP contribution is 2.50. The van der Waals surface area contributed by atoms with Gasteiger partial charge in [-0.15, -0.1) is 0 Å². The van der Waals surface area contributed by atoms with Crippen LogP contribution < -0.4 is 0 Å². The van der Waals surface area contributed by atoms with Crippen LogP contribution in [0.15, 0.2) is 0 Å². The highest BCUT2D eigenvalue weighted by atomic mass is 32.2. The summed E-state index contributed by atoms with van der Waals surface area (Å²) >= 11 is 1.19. The molecule has 7 nitrogen and oxygen atoms in total. The van der Waals surface area contributed by atoms with Crippen LogP contribution in [-0.4, -0.2) is 82.7 Å². The first-order chi connectivity index (χ1) is 14.1. The summed E-state index contributed by atoms with van der Waals surface area (Å²) in [4.78, 5) is 14.0. The van der Waals surface area contributed by atoms with Gasteiger partial charge in [-0.1, -0.05) is 25.6 Å². The van der Waals surface area contributed by atoms with E-state index < -0.39 is 8.45 Å². The molecular weight excluding hydrogens is 421 g/mol. The molecule has 0 aliphatic heterocycles. The van der Waals surface area contributed by atoms with Crippen LogP contribution in [0.5, 0.6) is 0 Å². The summed E-state index contributed by atoms with van der Waals surface area (Å²) in [5.41, 5.74) is 0. The normalized spacial score (nSPS) is 12.9. The molecule has 0 saturated carbocycles. The maximum Gasteiger partial charge on any atom is 0.205 e. The molecule has 0 rings (SSSR count). The number of carbonyl (C=O) groups is 1. The first-order valence-corrected chi connectivity index (χ1v) is 13.2. The van der Waals surface area contributed by atoms with Crippen LogP contribution in [0.4, 0.5) is 0 Å². The Hall–Kier alpha value is 0.210. The Balaban J connectivity index is 4.54. The lowest BCUT2D eigenvalue weighted by Gasteiger charge is -2.45. The van der Waals surface area contributed by atoms with Gasteiger partial charge in [-0.3, -0.25) is 9.69 Å². The smallest absolute Gasteiger partial charge is 0.205 e. The largest absolute Gasteiger partial charge is 0.344 e. The van der Waals surface area contributed by atoms with Gasteiger partial charge in [-0.05, 0) is 68.5 Å². The monoisotopic (exact) mass is 467 g/mol. The summed E-state index contributed by atoms with van der Waals surface area (Å²) < 4.78 is 22.1. The van der Waals surface area contributed by atoms with Crippen molar-refractivity contribution in [3.8, 4) is 0 Å². The summed E-state index contributed by atoms with van der Waals surface area (Å²) in [6.45, 7) is 24.2. The molecule has 0 N–H and O–H groups in total. The van der Waals surface area contributed by atoms with Crippen molar-refractivity contribution in [1.29, 1.82) is 0 Å². The zero-order chi connectivity index (χ0) is 23.3. The fourth-order valence-corrected chi connectivity index (χ4v) is 6.04. The maximum absolute atomic E-state index is 11.9. The maximum atomic E-state index is 11.9. The number of thioether (sulfide) groups is 1. The molecule has 0 radical (unpaired) electrons. The Bertz CT molecular complexity index is 416. The van der Waals surface area contributed by atoms with Gasteiger partial charge in [-0.2, -0.15) is 0 Å². The molecule has 30 heavy (non-hydrogen) atoms. The Morgan fingerprint density at radius 3 is 1.67 bits per heavy atom. The van der Waals surface area contributed by atoms with E-state index in [0.717, 1.165) is 13.1 Å². The van der Waals surface area contributed by atoms with Crippen molar-refractivity contribution in [3.05, 3.63) is 0 Å². The first-order valence-electron chi connectivity index (χ1n) is 11.1. The van der Waals surface area contributed by atoms with Crippen LogP contribution in [-0.2, 0) is 18.8 Å². The molecule has 0 aliphatic carbocycles. The average molecular weight is 468 g/mol. The van der Waals surface area contributed by atoms with Gasteiger partial charge in [0, 0.05) is 24.2 Å². The third-order valence-corrected chi connectivity index (χ3v) is 8.19. The molecule has 0 amide bonds. The Morgan fingerprint density at radius 2 is 1.27 bits per heavy atom. The number of nitrogens with zero attached hydrogens (tertiary/aromatic N) is 3. The lowest BCUT2D eigenvalue weighted by molar-refractivity contribution is -0.112. The van der Waals surface area contributed by atoms with Crippen LogP contribution in [0.1, 0.15) is 69.2 Å². The van der Waals surface area contributed by atoms with Crippen molar-refractivity contribution in [2.45, 2.75) is 93.4 Å². The second kappa shape index (κ2) is 16.8. The van der Waals surface area contributed by atoms with E-state index >= 15 is 0 Å². The summed E-state index contributed by atoms with van der Waals surface area (Å²) in [6, 6.07) is 1.45. The van der Waals surface area contributed by atoms with Gasteiger partial charge in [0.25, 0.3) is 0 Å². The van der Waals surface area contributed by atoms with Crippen LogP contribution in [0.3, 0.4) is 0 Å². The molecule has 0 atom stereocenters. The minimum atomic E-state index is -0.973. The molecule has 0 unspecified atom stereocenters. The minimum absolute atomic E-state index is 0.113. The van der Waals surface area contributed by atoms with E-state index in [1.54, 1.807) is 0 Å². The predicted molar refractivity (Wildman–Crippen MR) is 129 cm³/mol. The second-order valence-corrected chi connectivity index (χ2v) is 10.9. The molecule has 0 fully saturated rings. The summed E-state index contributed by atoms with van der Waals surface area (Å²) in [7, 11) is -0.973. The molecular formula is C21H46N3O4PS. The molecule has 0 spiro atoms. The summed E-state index contributed by atoms with van der Waals surface area (Å²) in [5, 5.41) is 0.118. The van der Waals surface area contributed by atoms with Crippen molar-refractivity contribution in [2.75, 3.05) is 39.2 Å². The van der Waals surface area contributed by atoms with Gasteiger partial charge in [-0.25, -0.2) is 9.34 Å². The number of rotatable bonds is 17. The van der Waals surface area contributed by atoms with E-state index in [-0.39, 0.29) is 18.7 Å². The quantitative estimate of drug-likeness (QED) is 0.169. The van der Waals surface area contributed by atoms with E-state index in [0.29, 0.717) is 36.7 Å². The van der Waals surface area contributed by atoms with E-state index in [4.69, 9.17) is 14.0 Å². The van der Waals surface area contributed by atoms with Crippen LogP contribution in [0, 0.1) is 0 Å². The van der Waals surface area contributed by atoms with Gasteiger partial charge in [0.05, 0.1) is 6.54 Å². The lowest BCUT2D eigenvalue weighted by atomic mass is 10.3. The van der Waals surface area contributed by atoms with Gasteiger partial charge in [0.15, 0.2) is 22.0 Å². The van der Waals surface area contributed by atoms with E-state index in [1.807, 2.05) is 0 Å². The molecule has 0 saturated heterocycles. The van der Waals surface area contributed by atoms with Gasteiger partial charge in [0.2, 0.25) is 5.12 Å². The van der Waals surface area contributed by atoms with Gasteiger partial charge >= 0.3 is 0 Å². The van der Waals surface area contributed by atoms with E-state index in [9.17, 15) is 4.79 Å². The van der Waals surface area contributed by atoms with Crippen LogP contribution in [0.25, 0.3) is 0 Å². The Kier molecular flexibility index (Phi) is 16.9. The van der Waals surface area contributed by atoms with Crippen molar-refractivity contribution < 1.29 is 18.8 Å². The average Bonchev–Trinajstić information content (AvgIpc) is 2.63. The third-order valence-electron chi connectivity index (χ3n) is 4.48. The van der Waals surface area contributed by atoms with E-state index in [2.05, 4.69) is 83.5 Å². The number of hydrogen-bond donors (Lipinski definition) is 0. The predicted octanol–water partition coefficient (Wildman–Crippen LogP) is 4.97. The second-order valence-electron chi connectivity index (χ2n) is 8.26. The molecule has 0 aliphatic rings. The van der Waals surface area contributed by atoms with Crippen molar-refractivity contribution in [1.82, 2.24) is 14.2 Å². The molecule has 9 heteroatoms. The molecule has 0 aromatic rings. The lowest BCUT2D eigenvalue weighted by Crippen LogP contribution is -2.43. The van der Waals surface area contributed by atoms with Crippen molar-refractivity contribution >= 4 is 25.3 Å². The molecule has 0 heterocycles. The third kappa shape index (κ3) is 11.7. The van der Waals surface area contributed by atoms with Crippen LogP contribution in [0.2, 0.25) is 0 Å². The molecule has 180 valence electrons. The highest BCUT2D eigenvalue weighted by molar-refractivity contribution is 8.13. The number of carbonyl (C=O) groups excluding carboxylic acids is 1. The zero-order valence-corrected chi connectivity index (χ0v) is 22.6. The number of likely N-dealkylation sites (N-methyl/N-ethyl adjacent to an activating group) is 1. The van der Waals surface area contributed by atoms with Gasteiger partial charge < -0.3 is 14.0 Å². The van der Waals surface area contributed by atoms with Crippen molar-refractivity contribution in [2.24, 2.45) is 0 Å². The zero-order valence-electron chi connectivity index (χ0n) is 20.9. The fraction of sp³-hybridized carbons (Fsp3) is 0.952. The Morgan fingerprint density at radius 1 is 0.800 bits per heavy atom. The standard InChI is InChI=1S/C21H46N3O4PS/c1-11-22(12-2)13-21(25)30-16-27-14-26-15-28-29(23(17(3)4)18(5)6)24(19(7)8)20(9)10/h17-20H,11-16H2,1-10H3. The van der Waals surface area contributed by atoms with Gasteiger partial charge in [0.1, 0.15) is 5.94 Å². The summed E-state index contributed by atoms with van der Waals surface area (Å²) in [6.07, 6.45) is 0. The first kappa shape index (κ1) is 30.2. The van der Waals surface area contributed by atoms with Crippen LogP contribution >= 0.6 is 20.2 Å². The van der Waals surface area contributed by atoms with Crippen molar-refractivity contribution in [3.63, 3.8) is 0 Å². The molecule has 0 aromatic carbocycles. The Labute approximate surface area is 191 Å². The topological polar surface area (TPSA) is 54.5 Å². The molecule has 0 bridgehead atoms. The minimum Gasteiger partial charge on any atom is -0.344 e. The number of ether oxygens (including phenoxy) is 2.